The highest BCUT2D eigenvalue weighted by molar-refractivity contribution is 6.00. The van der Waals surface area contributed by atoms with E-state index in [4.69, 9.17) is 9.84 Å². The number of nitrogens with zero attached hydrogens (tertiary/aromatic N) is 3. The number of nitrogens with one attached hydrogen (secondary N) is 1. The zero-order chi connectivity index (χ0) is 18.8. The predicted molar refractivity (Wildman–Crippen MR) is 97.2 cm³/mol. The van der Waals surface area contributed by atoms with Crippen LogP contribution < -0.4 is 0 Å². The summed E-state index contributed by atoms with van der Waals surface area (Å²) >= 11 is 0. The van der Waals surface area contributed by atoms with Crippen LogP contribution in [-0.4, -0.2) is 82.4 Å². The van der Waals surface area contributed by atoms with E-state index in [1.165, 1.54) is 0 Å². The minimum atomic E-state index is -0.852. The van der Waals surface area contributed by atoms with Gasteiger partial charge in [-0.05, 0) is 0 Å². The Kier molecular flexibility index (Phi) is 4.91. The summed E-state index contributed by atoms with van der Waals surface area (Å²) in [5, 5.41) is 16.2. The van der Waals surface area contributed by atoms with Crippen molar-refractivity contribution in [2.75, 3.05) is 39.4 Å². The van der Waals surface area contributed by atoms with E-state index in [9.17, 15) is 9.59 Å². The maximum atomic E-state index is 13.4. The van der Waals surface area contributed by atoms with Crippen LogP contribution in [0.3, 0.4) is 0 Å². The zero-order valence-electron chi connectivity index (χ0n) is 14.9. The van der Waals surface area contributed by atoms with Crippen LogP contribution in [0.5, 0.6) is 0 Å². The van der Waals surface area contributed by atoms with E-state index in [-0.39, 0.29) is 24.4 Å². The molecule has 2 N–H and O–H groups in total. The van der Waals surface area contributed by atoms with Crippen LogP contribution in [0, 0.1) is 5.92 Å². The van der Waals surface area contributed by atoms with Gasteiger partial charge in [0.05, 0.1) is 43.3 Å². The maximum absolute atomic E-state index is 13.4. The van der Waals surface area contributed by atoms with Crippen molar-refractivity contribution in [3.05, 3.63) is 42.1 Å². The molecule has 0 aliphatic carbocycles. The van der Waals surface area contributed by atoms with E-state index in [1.807, 2.05) is 40.1 Å². The van der Waals surface area contributed by atoms with Crippen LogP contribution >= 0.6 is 0 Å². The molecule has 2 saturated heterocycles. The third-order valence-corrected chi connectivity index (χ3v) is 5.10. The second-order valence-corrected chi connectivity index (χ2v) is 7.13. The van der Waals surface area contributed by atoms with Gasteiger partial charge in [-0.25, -0.2) is 0 Å². The summed E-state index contributed by atoms with van der Waals surface area (Å²) in [5.74, 6) is -0.858. The number of rotatable bonds is 4. The summed E-state index contributed by atoms with van der Waals surface area (Å²) in [7, 11) is 0. The summed E-state index contributed by atoms with van der Waals surface area (Å²) in [6.45, 7) is 2.59. The average Bonchev–Trinajstić information content (AvgIpc) is 2.96. The minimum absolute atomic E-state index is 0.0179. The highest BCUT2D eigenvalue weighted by atomic mass is 16.5. The number of amides is 1. The van der Waals surface area contributed by atoms with E-state index in [0.717, 1.165) is 5.56 Å². The molecule has 0 saturated carbocycles. The first-order valence-electron chi connectivity index (χ1n) is 9.03. The van der Waals surface area contributed by atoms with Crippen molar-refractivity contribution < 1.29 is 19.4 Å². The fourth-order valence-corrected chi connectivity index (χ4v) is 3.94. The molecule has 27 heavy (non-hydrogen) atoms. The van der Waals surface area contributed by atoms with Gasteiger partial charge in [-0.1, -0.05) is 30.3 Å². The van der Waals surface area contributed by atoms with Gasteiger partial charge in [0.2, 0.25) is 0 Å². The lowest BCUT2D eigenvalue weighted by atomic mass is 10.1. The van der Waals surface area contributed by atoms with Gasteiger partial charge in [0.15, 0.2) is 0 Å². The molecular weight excluding hydrogens is 348 g/mol. The van der Waals surface area contributed by atoms with E-state index in [2.05, 4.69) is 10.2 Å². The molecule has 1 aromatic heterocycles. The van der Waals surface area contributed by atoms with Gasteiger partial charge in [0.25, 0.3) is 5.91 Å². The van der Waals surface area contributed by atoms with Gasteiger partial charge in [0, 0.05) is 31.1 Å². The summed E-state index contributed by atoms with van der Waals surface area (Å²) in [6.07, 6.45) is 1.56. The molecule has 1 aromatic carbocycles. The summed E-state index contributed by atoms with van der Waals surface area (Å²) in [6, 6.07) is 9.45. The topological polar surface area (TPSA) is 98.8 Å². The van der Waals surface area contributed by atoms with Gasteiger partial charge >= 0.3 is 5.97 Å². The van der Waals surface area contributed by atoms with Crippen molar-refractivity contribution in [3.63, 3.8) is 0 Å². The number of ether oxygens (including phenoxy) is 1. The van der Waals surface area contributed by atoms with Gasteiger partial charge in [-0.2, -0.15) is 5.10 Å². The van der Waals surface area contributed by atoms with Gasteiger partial charge in [0.1, 0.15) is 0 Å². The fraction of sp³-hybridized carbons (Fsp3) is 0.421. The fourth-order valence-electron chi connectivity index (χ4n) is 3.94. The highest BCUT2D eigenvalue weighted by Gasteiger charge is 2.37. The third-order valence-electron chi connectivity index (χ3n) is 5.10. The summed E-state index contributed by atoms with van der Waals surface area (Å²) in [4.78, 5) is 28.2. The number of carboxylic acid groups (broad SMARTS) is 1. The zero-order valence-corrected chi connectivity index (χ0v) is 14.9. The van der Waals surface area contributed by atoms with Crippen molar-refractivity contribution in [1.29, 1.82) is 0 Å². The molecule has 2 aromatic rings. The standard InChI is InChI=1S/C19H22N4O4/c24-17(25)10-22-7-13-8-23(15(9-22)12-27-11-13)19(26)16-6-20-21-18(16)14-4-2-1-3-5-14/h1-6,13,15H,7-12H2,(H,20,21)(H,24,25)/t13-,15-/m0/s1. The van der Waals surface area contributed by atoms with Crippen molar-refractivity contribution in [2.24, 2.45) is 5.92 Å². The van der Waals surface area contributed by atoms with Crippen LogP contribution in [0.25, 0.3) is 11.3 Å². The van der Waals surface area contributed by atoms with Crippen molar-refractivity contribution in [3.8, 4) is 11.3 Å². The van der Waals surface area contributed by atoms with Crippen molar-refractivity contribution in [2.45, 2.75) is 6.04 Å². The molecule has 2 aliphatic heterocycles. The van der Waals surface area contributed by atoms with Crippen LogP contribution in [0.4, 0.5) is 0 Å². The van der Waals surface area contributed by atoms with Gasteiger partial charge < -0.3 is 14.7 Å². The Labute approximate surface area is 156 Å². The molecule has 0 radical (unpaired) electrons. The molecule has 8 heteroatoms. The number of benzene rings is 1. The molecule has 2 atom stereocenters. The second kappa shape index (κ2) is 7.50. The quantitative estimate of drug-likeness (QED) is 0.831. The summed E-state index contributed by atoms with van der Waals surface area (Å²) < 4.78 is 5.74. The SMILES string of the molecule is O=C(O)CN1C[C@@H]2COC[C@H](C1)N(C(=O)c1cn[nH]c1-c1ccccc1)C2. The Morgan fingerprint density at radius 1 is 1.19 bits per heavy atom. The van der Waals surface area contributed by atoms with Gasteiger partial charge in [-0.3, -0.25) is 19.6 Å². The number of hydrogen-bond acceptors (Lipinski definition) is 5. The third kappa shape index (κ3) is 3.72. The number of fused-ring (bicyclic) bond motifs is 3. The van der Waals surface area contributed by atoms with Crippen molar-refractivity contribution in [1.82, 2.24) is 20.0 Å². The molecule has 2 aliphatic rings. The summed E-state index contributed by atoms with van der Waals surface area (Å²) in [5.41, 5.74) is 2.13. The lowest BCUT2D eigenvalue weighted by Crippen LogP contribution is -2.47. The number of aromatic amines is 1. The molecule has 8 nitrogen and oxygen atoms in total. The number of carboxylic acids is 1. The van der Waals surface area contributed by atoms with Crippen LogP contribution in [-0.2, 0) is 9.53 Å². The van der Waals surface area contributed by atoms with E-state index in [0.29, 0.717) is 44.1 Å². The number of aromatic nitrogens is 2. The predicted octanol–water partition coefficient (Wildman–Crippen LogP) is 0.934. The largest absolute Gasteiger partial charge is 0.480 e. The number of hydrogen-bond donors (Lipinski definition) is 2. The maximum Gasteiger partial charge on any atom is 0.317 e. The number of aliphatic carboxylic acids is 1. The highest BCUT2D eigenvalue weighted by Crippen LogP contribution is 2.26. The van der Waals surface area contributed by atoms with Gasteiger partial charge in [-0.15, -0.1) is 0 Å². The molecule has 4 rings (SSSR count). The minimum Gasteiger partial charge on any atom is -0.480 e. The number of carbonyl (C=O) groups excluding carboxylic acids is 1. The molecule has 2 bridgehead atoms. The number of carbonyl (C=O) groups is 2. The average molecular weight is 370 g/mol. The molecule has 142 valence electrons. The second-order valence-electron chi connectivity index (χ2n) is 7.13. The monoisotopic (exact) mass is 370 g/mol. The van der Waals surface area contributed by atoms with Crippen LogP contribution in [0.1, 0.15) is 10.4 Å². The van der Waals surface area contributed by atoms with E-state index < -0.39 is 5.97 Å². The van der Waals surface area contributed by atoms with E-state index >= 15 is 0 Å². The smallest absolute Gasteiger partial charge is 0.317 e. The lowest BCUT2D eigenvalue weighted by Gasteiger charge is -2.30. The normalized spacial score (nSPS) is 23.0. The Bertz CT molecular complexity index is 822. The lowest BCUT2D eigenvalue weighted by molar-refractivity contribution is -0.138. The Balaban J connectivity index is 1.61. The Morgan fingerprint density at radius 2 is 2.00 bits per heavy atom. The molecule has 1 amide bonds. The molecule has 3 heterocycles. The number of H-pyrrole nitrogens is 1. The van der Waals surface area contributed by atoms with E-state index in [1.54, 1.807) is 6.20 Å². The Morgan fingerprint density at radius 3 is 2.78 bits per heavy atom. The first-order chi connectivity index (χ1) is 13.1. The van der Waals surface area contributed by atoms with Crippen LogP contribution in [0.15, 0.2) is 36.5 Å². The van der Waals surface area contributed by atoms with Crippen molar-refractivity contribution >= 4 is 11.9 Å². The molecule has 0 spiro atoms. The van der Waals surface area contributed by atoms with Crippen LogP contribution in [0.2, 0.25) is 0 Å². The first kappa shape index (κ1) is 17.7. The molecular formula is C19H22N4O4. The molecule has 0 unspecified atom stereocenters. The molecule has 2 fully saturated rings. The first-order valence-corrected chi connectivity index (χ1v) is 9.03. The Hall–Kier alpha value is -2.71.